The third-order valence-electron chi connectivity index (χ3n) is 6.38. The van der Waals surface area contributed by atoms with Crippen LogP contribution in [0.5, 0.6) is 0 Å². The van der Waals surface area contributed by atoms with Gasteiger partial charge in [0.05, 0.1) is 17.1 Å². The second kappa shape index (κ2) is 9.23. The Balaban J connectivity index is 1.55. The summed E-state index contributed by atoms with van der Waals surface area (Å²) in [5, 5.41) is 7.96. The van der Waals surface area contributed by atoms with Gasteiger partial charge in [0.1, 0.15) is 11.9 Å². The highest BCUT2D eigenvalue weighted by Crippen LogP contribution is 2.38. The van der Waals surface area contributed by atoms with E-state index in [-0.39, 0.29) is 23.8 Å². The van der Waals surface area contributed by atoms with Crippen LogP contribution in [-0.4, -0.2) is 39.9 Å². The van der Waals surface area contributed by atoms with Crippen LogP contribution in [0.15, 0.2) is 47.9 Å². The van der Waals surface area contributed by atoms with Crippen LogP contribution < -0.4 is 11.1 Å². The highest BCUT2D eigenvalue weighted by molar-refractivity contribution is 6.03. The average Bonchev–Trinajstić information content (AvgIpc) is 2.83. The number of hydrogen-bond donors (Lipinski definition) is 2. The molecular weight excluding hydrogens is 419 g/mol. The van der Waals surface area contributed by atoms with E-state index >= 15 is 0 Å². The van der Waals surface area contributed by atoms with Crippen molar-refractivity contribution < 1.29 is 9.23 Å². The van der Waals surface area contributed by atoms with Crippen LogP contribution in [0, 0.1) is 12.7 Å². The van der Waals surface area contributed by atoms with E-state index in [0.717, 1.165) is 65.3 Å². The fourth-order valence-corrected chi connectivity index (χ4v) is 4.82. The van der Waals surface area contributed by atoms with Crippen molar-refractivity contribution in [1.29, 1.82) is 0 Å². The monoisotopic (exact) mass is 446 g/mol. The first kappa shape index (κ1) is 21.5. The summed E-state index contributed by atoms with van der Waals surface area (Å²) in [6.45, 7) is 3.78. The maximum Gasteiger partial charge on any atom is 0.220 e. The molecule has 5 rings (SSSR count). The van der Waals surface area contributed by atoms with E-state index in [2.05, 4.69) is 25.4 Å². The lowest BCUT2D eigenvalue weighted by atomic mass is 9.78. The summed E-state index contributed by atoms with van der Waals surface area (Å²) in [5.74, 6) is 0.00819. The standard InChI is InChI=1S/C25H27FN6O/c1-15-24-22(31-25(27)30-15)11-17(12-23(24)32-33-19-6-9-28-10-7-19)20-5-4-18(26)13-21(20)16-3-2-8-29-14-16/h2-5,8,13-14,17,19,28H,6-7,9-12H2,1H3,(H2,27,30,31)/t17-/m0/s1. The number of nitrogens with one attached hydrogen (secondary N) is 1. The zero-order valence-electron chi connectivity index (χ0n) is 18.6. The quantitative estimate of drug-likeness (QED) is 0.592. The minimum Gasteiger partial charge on any atom is -0.392 e. The Labute approximate surface area is 192 Å². The highest BCUT2D eigenvalue weighted by Gasteiger charge is 2.31. The normalized spacial score (nSPS) is 19.9. The summed E-state index contributed by atoms with van der Waals surface area (Å²) < 4.78 is 14.2. The molecule has 3 N–H and O–H groups in total. The van der Waals surface area contributed by atoms with Gasteiger partial charge in [-0.25, -0.2) is 14.4 Å². The number of nitrogen functional groups attached to an aromatic ring is 1. The number of nitrogens with zero attached hydrogens (tertiary/aromatic N) is 4. The minimum atomic E-state index is -0.278. The lowest BCUT2D eigenvalue weighted by Gasteiger charge is -2.28. The zero-order chi connectivity index (χ0) is 22.8. The molecule has 1 saturated heterocycles. The molecule has 1 fully saturated rings. The van der Waals surface area contributed by atoms with Gasteiger partial charge in [0.25, 0.3) is 0 Å². The number of oxime groups is 1. The summed E-state index contributed by atoms with van der Waals surface area (Å²) in [6, 6.07) is 8.74. The van der Waals surface area contributed by atoms with Crippen LogP contribution in [0.3, 0.4) is 0 Å². The average molecular weight is 447 g/mol. The number of aromatic nitrogens is 3. The van der Waals surface area contributed by atoms with E-state index < -0.39 is 0 Å². The number of nitrogens with two attached hydrogens (primary N) is 1. The van der Waals surface area contributed by atoms with Gasteiger partial charge in [-0.3, -0.25) is 4.98 Å². The first-order valence-electron chi connectivity index (χ1n) is 11.3. The maximum atomic E-state index is 14.2. The van der Waals surface area contributed by atoms with Crippen molar-refractivity contribution in [2.75, 3.05) is 18.8 Å². The number of aryl methyl sites for hydroxylation is 1. The van der Waals surface area contributed by atoms with E-state index in [9.17, 15) is 4.39 Å². The fourth-order valence-electron chi connectivity index (χ4n) is 4.82. The van der Waals surface area contributed by atoms with Gasteiger partial charge in [0.2, 0.25) is 5.95 Å². The number of piperidine rings is 1. The molecule has 1 aliphatic carbocycles. The molecule has 1 aliphatic heterocycles. The molecule has 0 saturated carbocycles. The van der Waals surface area contributed by atoms with Gasteiger partial charge in [-0.15, -0.1) is 0 Å². The van der Waals surface area contributed by atoms with Gasteiger partial charge >= 0.3 is 0 Å². The van der Waals surface area contributed by atoms with Crippen molar-refractivity contribution in [3.05, 3.63) is 71.1 Å². The van der Waals surface area contributed by atoms with Gasteiger partial charge in [0.15, 0.2) is 0 Å². The van der Waals surface area contributed by atoms with Crippen molar-refractivity contribution in [3.8, 4) is 11.1 Å². The van der Waals surface area contributed by atoms with Crippen LogP contribution in [0.25, 0.3) is 11.1 Å². The van der Waals surface area contributed by atoms with E-state index in [1.807, 2.05) is 25.1 Å². The molecule has 0 bridgehead atoms. The van der Waals surface area contributed by atoms with E-state index in [1.54, 1.807) is 18.5 Å². The van der Waals surface area contributed by atoms with E-state index in [0.29, 0.717) is 12.8 Å². The van der Waals surface area contributed by atoms with Crippen LogP contribution >= 0.6 is 0 Å². The van der Waals surface area contributed by atoms with Crippen molar-refractivity contribution in [2.24, 2.45) is 5.16 Å². The molecule has 0 amide bonds. The summed E-state index contributed by atoms with van der Waals surface area (Å²) in [7, 11) is 0. The van der Waals surface area contributed by atoms with Crippen molar-refractivity contribution in [3.63, 3.8) is 0 Å². The van der Waals surface area contributed by atoms with Crippen molar-refractivity contribution in [2.45, 2.75) is 44.6 Å². The fraction of sp³-hybridized carbons (Fsp3) is 0.360. The van der Waals surface area contributed by atoms with Gasteiger partial charge in [-0.1, -0.05) is 17.3 Å². The largest absolute Gasteiger partial charge is 0.392 e. The second-order valence-electron chi connectivity index (χ2n) is 8.66. The van der Waals surface area contributed by atoms with Crippen LogP contribution in [-0.2, 0) is 11.3 Å². The minimum absolute atomic E-state index is 0.0392. The summed E-state index contributed by atoms with van der Waals surface area (Å²) in [5.41, 5.74) is 12.1. The Hall–Kier alpha value is -3.39. The van der Waals surface area contributed by atoms with Gasteiger partial charge < -0.3 is 15.9 Å². The zero-order valence-corrected chi connectivity index (χ0v) is 18.6. The molecule has 0 radical (unpaired) electrons. The summed E-state index contributed by atoms with van der Waals surface area (Å²) in [6.07, 6.45) is 6.72. The Morgan fingerprint density at radius 1 is 1.15 bits per heavy atom. The number of benzene rings is 1. The molecule has 0 unspecified atom stereocenters. The van der Waals surface area contributed by atoms with Gasteiger partial charge in [-0.2, -0.15) is 0 Å². The molecular formula is C25H27FN6O. The van der Waals surface area contributed by atoms with Crippen LogP contribution in [0.1, 0.15) is 47.7 Å². The second-order valence-corrected chi connectivity index (χ2v) is 8.66. The molecule has 170 valence electrons. The SMILES string of the molecule is Cc1nc(N)nc2c1C(=NOC1CCNCC1)C[C@@H](c1ccc(F)cc1-c1cccnc1)C2. The molecule has 3 heterocycles. The van der Waals surface area contributed by atoms with Crippen molar-refractivity contribution >= 4 is 11.7 Å². The topological polar surface area (TPSA) is 98.3 Å². The predicted octanol–water partition coefficient (Wildman–Crippen LogP) is 3.77. The van der Waals surface area contributed by atoms with Crippen molar-refractivity contribution in [1.82, 2.24) is 20.3 Å². The molecule has 3 aromatic rings. The Kier molecular flexibility index (Phi) is 6.00. The van der Waals surface area contributed by atoms with Gasteiger partial charge in [-0.05, 0) is 74.5 Å². The lowest BCUT2D eigenvalue weighted by molar-refractivity contribution is 0.0372. The number of pyridine rings is 1. The molecule has 2 aliphatic rings. The first-order valence-corrected chi connectivity index (χ1v) is 11.3. The molecule has 0 spiro atoms. The third-order valence-corrected chi connectivity index (χ3v) is 6.38. The molecule has 1 atom stereocenters. The number of rotatable bonds is 4. The molecule has 2 aromatic heterocycles. The molecule has 7 nitrogen and oxygen atoms in total. The highest BCUT2D eigenvalue weighted by atomic mass is 19.1. The van der Waals surface area contributed by atoms with E-state index in [1.165, 1.54) is 6.07 Å². The molecule has 33 heavy (non-hydrogen) atoms. The number of anilines is 1. The number of fused-ring (bicyclic) bond motifs is 1. The van der Waals surface area contributed by atoms with E-state index in [4.69, 9.17) is 10.6 Å². The summed E-state index contributed by atoms with van der Waals surface area (Å²) in [4.78, 5) is 19.1. The van der Waals surface area contributed by atoms with Crippen LogP contribution in [0.4, 0.5) is 10.3 Å². The molecule has 8 heteroatoms. The Morgan fingerprint density at radius 3 is 2.79 bits per heavy atom. The number of halogens is 1. The lowest BCUT2D eigenvalue weighted by Crippen LogP contribution is -2.32. The third kappa shape index (κ3) is 4.57. The maximum absolute atomic E-state index is 14.2. The smallest absolute Gasteiger partial charge is 0.220 e. The first-order chi connectivity index (χ1) is 16.1. The molecule has 1 aromatic carbocycles. The van der Waals surface area contributed by atoms with Gasteiger partial charge in [0, 0.05) is 29.9 Å². The Bertz CT molecular complexity index is 1180. The predicted molar refractivity (Wildman–Crippen MR) is 125 cm³/mol. The Morgan fingerprint density at radius 2 is 2.00 bits per heavy atom. The number of hydrogen-bond acceptors (Lipinski definition) is 7. The van der Waals surface area contributed by atoms with Crippen LogP contribution in [0.2, 0.25) is 0 Å². The summed E-state index contributed by atoms with van der Waals surface area (Å²) >= 11 is 0.